The van der Waals surface area contributed by atoms with Gasteiger partial charge >= 0.3 is 0 Å². The van der Waals surface area contributed by atoms with Crippen LogP contribution < -0.4 is 5.32 Å². The average Bonchev–Trinajstić information content (AvgIpc) is 2.20. The third kappa shape index (κ3) is 3.97. The molecule has 0 saturated heterocycles. The van der Waals surface area contributed by atoms with Crippen molar-refractivity contribution in [2.45, 2.75) is 47.0 Å². The van der Waals surface area contributed by atoms with Crippen molar-refractivity contribution in [2.75, 3.05) is 13.1 Å². The second kappa shape index (κ2) is 6.70. The van der Waals surface area contributed by atoms with Crippen molar-refractivity contribution in [3.63, 3.8) is 0 Å². The molecule has 0 heterocycles. The van der Waals surface area contributed by atoms with E-state index in [2.05, 4.69) is 45.1 Å². The fourth-order valence-electron chi connectivity index (χ4n) is 2.33. The van der Waals surface area contributed by atoms with E-state index in [1.807, 2.05) is 0 Å². The lowest BCUT2D eigenvalue weighted by Gasteiger charge is -2.11. The standard InChI is InChI=1S/C15H25N/c1-5-16-9-7-6-8-15-13(3)10-12(2)11-14(15)4/h10-11,16H,5-9H2,1-4H3. The van der Waals surface area contributed by atoms with Crippen molar-refractivity contribution >= 4 is 0 Å². The molecule has 1 aromatic rings. The molecule has 16 heavy (non-hydrogen) atoms. The summed E-state index contributed by atoms with van der Waals surface area (Å²) in [5.41, 5.74) is 5.86. The molecule has 0 unspecified atom stereocenters. The fourth-order valence-corrected chi connectivity index (χ4v) is 2.33. The highest BCUT2D eigenvalue weighted by Crippen LogP contribution is 2.18. The number of nitrogens with one attached hydrogen (secondary N) is 1. The minimum Gasteiger partial charge on any atom is -0.317 e. The summed E-state index contributed by atoms with van der Waals surface area (Å²) in [4.78, 5) is 0. The largest absolute Gasteiger partial charge is 0.317 e. The highest BCUT2D eigenvalue weighted by molar-refractivity contribution is 5.37. The molecular formula is C15H25N. The van der Waals surface area contributed by atoms with E-state index < -0.39 is 0 Å². The van der Waals surface area contributed by atoms with Crippen LogP contribution in [0.25, 0.3) is 0 Å². The molecule has 0 fully saturated rings. The molecule has 0 amide bonds. The molecule has 0 aliphatic rings. The maximum atomic E-state index is 3.37. The number of hydrogen-bond donors (Lipinski definition) is 1. The monoisotopic (exact) mass is 219 g/mol. The van der Waals surface area contributed by atoms with Gasteiger partial charge in [-0.1, -0.05) is 24.6 Å². The van der Waals surface area contributed by atoms with Gasteiger partial charge in [-0.2, -0.15) is 0 Å². The Bertz CT molecular complexity index is 305. The molecule has 0 aliphatic carbocycles. The van der Waals surface area contributed by atoms with Crippen LogP contribution in [0.5, 0.6) is 0 Å². The van der Waals surface area contributed by atoms with Gasteiger partial charge in [0.05, 0.1) is 0 Å². The Kier molecular flexibility index (Phi) is 5.54. The first-order chi connectivity index (χ1) is 7.65. The van der Waals surface area contributed by atoms with Gasteiger partial charge in [-0.25, -0.2) is 0 Å². The maximum Gasteiger partial charge on any atom is -0.00489 e. The zero-order chi connectivity index (χ0) is 12.0. The first-order valence-corrected chi connectivity index (χ1v) is 6.42. The predicted molar refractivity (Wildman–Crippen MR) is 72.1 cm³/mol. The lowest BCUT2D eigenvalue weighted by atomic mass is 9.96. The highest BCUT2D eigenvalue weighted by Gasteiger charge is 2.03. The number of benzene rings is 1. The van der Waals surface area contributed by atoms with Crippen molar-refractivity contribution < 1.29 is 0 Å². The Morgan fingerprint density at radius 2 is 1.62 bits per heavy atom. The molecule has 1 aromatic carbocycles. The Morgan fingerprint density at radius 1 is 1.00 bits per heavy atom. The Hall–Kier alpha value is -0.820. The first-order valence-electron chi connectivity index (χ1n) is 6.42. The van der Waals surface area contributed by atoms with Gasteiger partial charge in [0.15, 0.2) is 0 Å². The zero-order valence-corrected chi connectivity index (χ0v) is 11.2. The van der Waals surface area contributed by atoms with E-state index in [-0.39, 0.29) is 0 Å². The zero-order valence-electron chi connectivity index (χ0n) is 11.2. The molecule has 0 atom stereocenters. The summed E-state index contributed by atoms with van der Waals surface area (Å²) in [6, 6.07) is 4.60. The number of rotatable bonds is 6. The van der Waals surface area contributed by atoms with Gasteiger partial charge in [0, 0.05) is 0 Å². The Labute approximate surface area is 100 Å². The van der Waals surface area contributed by atoms with Crippen LogP contribution in [-0.4, -0.2) is 13.1 Å². The number of unbranched alkanes of at least 4 members (excludes halogenated alkanes) is 1. The fraction of sp³-hybridized carbons (Fsp3) is 0.600. The quantitative estimate of drug-likeness (QED) is 0.722. The highest BCUT2D eigenvalue weighted by atomic mass is 14.8. The summed E-state index contributed by atoms with van der Waals surface area (Å²) < 4.78 is 0. The number of aryl methyl sites for hydroxylation is 3. The molecule has 90 valence electrons. The molecule has 0 aromatic heterocycles. The average molecular weight is 219 g/mol. The molecule has 0 saturated carbocycles. The number of hydrogen-bond acceptors (Lipinski definition) is 1. The minimum atomic E-state index is 1.09. The smallest absolute Gasteiger partial charge is 0.00489 e. The van der Waals surface area contributed by atoms with Crippen LogP contribution in [0.15, 0.2) is 12.1 Å². The van der Waals surface area contributed by atoms with E-state index in [1.165, 1.54) is 36.0 Å². The molecule has 0 radical (unpaired) electrons. The topological polar surface area (TPSA) is 12.0 Å². The summed E-state index contributed by atoms with van der Waals surface area (Å²) in [6.45, 7) is 11.0. The SMILES string of the molecule is CCNCCCCc1c(C)cc(C)cc1C. The van der Waals surface area contributed by atoms with Crippen LogP contribution in [0.1, 0.15) is 42.0 Å². The van der Waals surface area contributed by atoms with Crippen LogP contribution >= 0.6 is 0 Å². The molecule has 1 nitrogen and oxygen atoms in total. The molecule has 0 aliphatic heterocycles. The summed E-state index contributed by atoms with van der Waals surface area (Å²) in [5, 5.41) is 3.37. The van der Waals surface area contributed by atoms with Gasteiger partial charge < -0.3 is 5.32 Å². The molecular weight excluding hydrogens is 194 g/mol. The van der Waals surface area contributed by atoms with E-state index in [0.717, 1.165) is 13.1 Å². The summed E-state index contributed by atoms with van der Waals surface area (Å²) >= 11 is 0. The molecule has 0 spiro atoms. The van der Waals surface area contributed by atoms with E-state index in [0.29, 0.717) is 0 Å². The second-order valence-electron chi connectivity index (χ2n) is 4.69. The lowest BCUT2D eigenvalue weighted by Crippen LogP contribution is -2.14. The van der Waals surface area contributed by atoms with Gasteiger partial charge in [0.25, 0.3) is 0 Å². The van der Waals surface area contributed by atoms with Gasteiger partial charge in [0.1, 0.15) is 0 Å². The maximum absolute atomic E-state index is 3.37. The molecule has 0 bridgehead atoms. The Balaban J connectivity index is 2.47. The van der Waals surface area contributed by atoms with Crippen LogP contribution in [0, 0.1) is 20.8 Å². The second-order valence-corrected chi connectivity index (χ2v) is 4.69. The Morgan fingerprint density at radius 3 is 2.19 bits per heavy atom. The van der Waals surface area contributed by atoms with Crippen molar-refractivity contribution in [1.82, 2.24) is 5.32 Å². The summed E-state index contributed by atoms with van der Waals surface area (Å²) in [7, 11) is 0. The van der Waals surface area contributed by atoms with Gasteiger partial charge in [-0.05, 0) is 69.8 Å². The van der Waals surface area contributed by atoms with Crippen LogP contribution in [0.3, 0.4) is 0 Å². The van der Waals surface area contributed by atoms with E-state index in [1.54, 1.807) is 5.56 Å². The summed E-state index contributed by atoms with van der Waals surface area (Å²) in [5.74, 6) is 0. The lowest BCUT2D eigenvalue weighted by molar-refractivity contribution is 0.639. The van der Waals surface area contributed by atoms with Crippen LogP contribution in [0.2, 0.25) is 0 Å². The molecule has 1 rings (SSSR count). The van der Waals surface area contributed by atoms with E-state index in [9.17, 15) is 0 Å². The van der Waals surface area contributed by atoms with Gasteiger partial charge in [-0.3, -0.25) is 0 Å². The first kappa shape index (κ1) is 13.2. The summed E-state index contributed by atoms with van der Waals surface area (Å²) in [6.07, 6.45) is 3.79. The van der Waals surface area contributed by atoms with Crippen molar-refractivity contribution in [2.24, 2.45) is 0 Å². The van der Waals surface area contributed by atoms with Crippen molar-refractivity contribution in [3.8, 4) is 0 Å². The van der Waals surface area contributed by atoms with E-state index >= 15 is 0 Å². The van der Waals surface area contributed by atoms with Gasteiger partial charge in [0.2, 0.25) is 0 Å². The van der Waals surface area contributed by atoms with Crippen LogP contribution in [0.4, 0.5) is 0 Å². The molecule has 1 heteroatoms. The normalized spacial score (nSPS) is 10.8. The van der Waals surface area contributed by atoms with Crippen molar-refractivity contribution in [1.29, 1.82) is 0 Å². The third-order valence-corrected chi connectivity index (χ3v) is 3.12. The van der Waals surface area contributed by atoms with E-state index in [4.69, 9.17) is 0 Å². The van der Waals surface area contributed by atoms with Gasteiger partial charge in [-0.15, -0.1) is 0 Å². The van der Waals surface area contributed by atoms with Crippen molar-refractivity contribution in [3.05, 3.63) is 34.4 Å². The van der Waals surface area contributed by atoms with Crippen LogP contribution in [-0.2, 0) is 6.42 Å². The molecule has 1 N–H and O–H groups in total. The minimum absolute atomic E-state index is 1.09. The predicted octanol–water partition coefficient (Wildman–Crippen LogP) is 3.54. The third-order valence-electron chi connectivity index (χ3n) is 3.12.